The summed E-state index contributed by atoms with van der Waals surface area (Å²) >= 11 is 0. The molecule has 138 valence electrons. The SMILES string of the molecule is CCCCCCCCCCCCC1(O)OC1OCCOCCO. The van der Waals surface area contributed by atoms with Crippen LogP contribution in [-0.4, -0.2) is 48.7 Å². The van der Waals surface area contributed by atoms with Gasteiger partial charge in [-0.25, -0.2) is 0 Å². The van der Waals surface area contributed by atoms with E-state index in [1.54, 1.807) is 0 Å². The summed E-state index contributed by atoms with van der Waals surface area (Å²) in [7, 11) is 0. The minimum absolute atomic E-state index is 0.0165. The molecule has 0 aromatic carbocycles. The molecular weight excluding hydrogens is 296 g/mol. The molecule has 0 spiro atoms. The molecule has 23 heavy (non-hydrogen) atoms. The Labute approximate surface area is 141 Å². The minimum Gasteiger partial charge on any atom is -0.394 e. The van der Waals surface area contributed by atoms with E-state index in [-0.39, 0.29) is 6.61 Å². The van der Waals surface area contributed by atoms with Crippen LogP contribution in [0.2, 0.25) is 0 Å². The molecule has 1 aliphatic heterocycles. The minimum atomic E-state index is -1.07. The lowest BCUT2D eigenvalue weighted by Crippen LogP contribution is -2.18. The standard InChI is InChI=1S/C18H36O5/c1-2-3-4-5-6-7-8-9-10-11-12-18(20)17(23-18)22-16-15-21-14-13-19/h17,19-20H,2-16H2,1H3. The molecule has 0 bridgehead atoms. The fourth-order valence-corrected chi connectivity index (χ4v) is 2.74. The maximum atomic E-state index is 10.1. The number of unbranched alkanes of at least 4 members (excludes halogenated alkanes) is 9. The zero-order valence-corrected chi connectivity index (χ0v) is 14.8. The number of rotatable bonds is 17. The van der Waals surface area contributed by atoms with Gasteiger partial charge in [0.25, 0.3) is 0 Å². The Morgan fingerprint density at radius 1 is 0.870 bits per heavy atom. The Hall–Kier alpha value is -0.200. The van der Waals surface area contributed by atoms with Crippen LogP contribution >= 0.6 is 0 Å². The van der Waals surface area contributed by atoms with Crippen molar-refractivity contribution in [3.63, 3.8) is 0 Å². The first-order valence-corrected chi connectivity index (χ1v) is 9.43. The van der Waals surface area contributed by atoms with Gasteiger partial charge in [0.2, 0.25) is 12.1 Å². The molecule has 0 amide bonds. The van der Waals surface area contributed by atoms with Crippen molar-refractivity contribution in [3.05, 3.63) is 0 Å². The molecule has 0 aromatic rings. The van der Waals surface area contributed by atoms with Gasteiger partial charge in [0.15, 0.2) is 0 Å². The van der Waals surface area contributed by atoms with Crippen LogP contribution in [0.25, 0.3) is 0 Å². The lowest BCUT2D eigenvalue weighted by atomic mass is 10.0. The first-order chi connectivity index (χ1) is 11.2. The highest BCUT2D eigenvalue weighted by Gasteiger charge is 2.56. The van der Waals surface area contributed by atoms with Gasteiger partial charge in [-0.1, -0.05) is 64.7 Å². The second kappa shape index (κ2) is 13.1. The highest BCUT2D eigenvalue weighted by atomic mass is 16.9. The van der Waals surface area contributed by atoms with Gasteiger partial charge in [-0.2, -0.15) is 0 Å². The van der Waals surface area contributed by atoms with E-state index in [1.165, 1.54) is 51.4 Å². The fourth-order valence-electron chi connectivity index (χ4n) is 2.74. The Balaban J connectivity index is 1.83. The number of epoxide rings is 1. The molecule has 2 N–H and O–H groups in total. The summed E-state index contributed by atoms with van der Waals surface area (Å²) < 4.78 is 15.7. The van der Waals surface area contributed by atoms with E-state index in [2.05, 4.69) is 6.92 Å². The number of hydrogen-bond donors (Lipinski definition) is 2. The number of ether oxygens (including phenoxy) is 3. The molecule has 1 saturated heterocycles. The topological polar surface area (TPSA) is 71.5 Å². The van der Waals surface area contributed by atoms with Crippen molar-refractivity contribution >= 4 is 0 Å². The summed E-state index contributed by atoms with van der Waals surface area (Å²) in [6, 6.07) is 0. The van der Waals surface area contributed by atoms with Gasteiger partial charge in [-0.15, -0.1) is 0 Å². The smallest absolute Gasteiger partial charge is 0.220 e. The van der Waals surface area contributed by atoms with E-state index in [0.717, 1.165) is 12.8 Å². The van der Waals surface area contributed by atoms with Crippen molar-refractivity contribution in [1.82, 2.24) is 0 Å². The van der Waals surface area contributed by atoms with Gasteiger partial charge in [-0.05, 0) is 6.42 Å². The molecule has 1 fully saturated rings. The van der Waals surface area contributed by atoms with E-state index in [4.69, 9.17) is 19.3 Å². The molecule has 1 heterocycles. The van der Waals surface area contributed by atoms with Crippen LogP contribution in [0.15, 0.2) is 0 Å². The van der Waals surface area contributed by atoms with E-state index < -0.39 is 12.1 Å². The summed E-state index contributed by atoms with van der Waals surface area (Å²) in [6.45, 7) is 3.37. The number of aliphatic hydroxyl groups is 2. The number of hydrogen-bond acceptors (Lipinski definition) is 5. The molecule has 0 aromatic heterocycles. The average molecular weight is 332 g/mol. The van der Waals surface area contributed by atoms with Gasteiger partial charge in [0.05, 0.1) is 26.4 Å². The first-order valence-electron chi connectivity index (χ1n) is 9.43. The zero-order valence-electron chi connectivity index (χ0n) is 14.8. The highest BCUT2D eigenvalue weighted by molar-refractivity contribution is 4.85. The maximum absolute atomic E-state index is 10.1. The molecular formula is C18H36O5. The van der Waals surface area contributed by atoms with E-state index in [0.29, 0.717) is 26.2 Å². The van der Waals surface area contributed by atoms with E-state index >= 15 is 0 Å². The maximum Gasteiger partial charge on any atom is 0.220 e. The third-order valence-corrected chi connectivity index (χ3v) is 4.24. The van der Waals surface area contributed by atoms with Crippen molar-refractivity contribution < 1.29 is 24.4 Å². The fraction of sp³-hybridized carbons (Fsp3) is 1.00. The van der Waals surface area contributed by atoms with Crippen molar-refractivity contribution in [1.29, 1.82) is 0 Å². The van der Waals surface area contributed by atoms with Crippen LogP contribution < -0.4 is 0 Å². The van der Waals surface area contributed by atoms with Crippen LogP contribution in [-0.2, 0) is 14.2 Å². The lowest BCUT2D eigenvalue weighted by molar-refractivity contribution is -0.00781. The predicted octanol–water partition coefficient (Wildman–Crippen LogP) is 3.37. The van der Waals surface area contributed by atoms with Crippen LogP contribution in [0.1, 0.15) is 77.6 Å². The summed E-state index contributed by atoms with van der Waals surface area (Å²) in [6.07, 6.45) is 12.9. The second-order valence-corrected chi connectivity index (χ2v) is 6.43. The summed E-state index contributed by atoms with van der Waals surface area (Å²) in [5.41, 5.74) is 0. The molecule has 5 nitrogen and oxygen atoms in total. The zero-order chi connectivity index (χ0) is 16.8. The molecule has 0 radical (unpaired) electrons. The van der Waals surface area contributed by atoms with Gasteiger partial charge in [0, 0.05) is 6.42 Å². The van der Waals surface area contributed by atoms with Crippen LogP contribution in [0, 0.1) is 0 Å². The molecule has 1 rings (SSSR count). The normalized spacial score (nSPS) is 23.3. The Bertz CT molecular complexity index is 274. The quantitative estimate of drug-likeness (QED) is 0.316. The van der Waals surface area contributed by atoms with Crippen LogP contribution in [0.4, 0.5) is 0 Å². The Morgan fingerprint density at radius 3 is 2.09 bits per heavy atom. The molecule has 1 aliphatic rings. The molecule has 2 unspecified atom stereocenters. The summed E-state index contributed by atoms with van der Waals surface area (Å²) in [5, 5.41) is 18.6. The van der Waals surface area contributed by atoms with Gasteiger partial charge in [0.1, 0.15) is 0 Å². The van der Waals surface area contributed by atoms with Gasteiger partial charge < -0.3 is 24.4 Å². The average Bonchev–Trinajstić information content (AvgIpc) is 3.19. The highest BCUT2D eigenvalue weighted by Crippen LogP contribution is 2.39. The summed E-state index contributed by atoms with van der Waals surface area (Å²) in [4.78, 5) is 0. The lowest BCUT2D eigenvalue weighted by Gasteiger charge is -2.06. The van der Waals surface area contributed by atoms with Crippen molar-refractivity contribution in [2.75, 3.05) is 26.4 Å². The van der Waals surface area contributed by atoms with E-state index in [9.17, 15) is 5.11 Å². The molecule has 0 aliphatic carbocycles. The largest absolute Gasteiger partial charge is 0.394 e. The summed E-state index contributed by atoms with van der Waals surface area (Å²) in [5.74, 6) is -1.07. The first kappa shape index (κ1) is 20.8. The molecule has 5 heteroatoms. The predicted molar refractivity (Wildman–Crippen MR) is 90.1 cm³/mol. The van der Waals surface area contributed by atoms with Crippen molar-refractivity contribution in [2.45, 2.75) is 89.6 Å². The number of aliphatic hydroxyl groups excluding tert-OH is 1. The van der Waals surface area contributed by atoms with Crippen LogP contribution in [0.5, 0.6) is 0 Å². The Kier molecular flexibility index (Phi) is 11.9. The molecule has 2 atom stereocenters. The van der Waals surface area contributed by atoms with Crippen LogP contribution in [0.3, 0.4) is 0 Å². The Morgan fingerprint density at radius 2 is 1.48 bits per heavy atom. The third kappa shape index (κ3) is 10.3. The van der Waals surface area contributed by atoms with Crippen molar-refractivity contribution in [2.24, 2.45) is 0 Å². The second-order valence-electron chi connectivity index (χ2n) is 6.43. The third-order valence-electron chi connectivity index (χ3n) is 4.24. The van der Waals surface area contributed by atoms with Gasteiger partial charge >= 0.3 is 0 Å². The monoisotopic (exact) mass is 332 g/mol. The van der Waals surface area contributed by atoms with Gasteiger partial charge in [-0.3, -0.25) is 0 Å². The van der Waals surface area contributed by atoms with E-state index in [1.807, 2.05) is 0 Å². The van der Waals surface area contributed by atoms with Crippen molar-refractivity contribution in [3.8, 4) is 0 Å². The molecule has 0 saturated carbocycles.